The predicted octanol–water partition coefficient (Wildman–Crippen LogP) is 6.49. The second-order valence-corrected chi connectivity index (χ2v) is 12.4. The topological polar surface area (TPSA) is 102 Å². The van der Waals surface area contributed by atoms with Crippen LogP contribution in [0.3, 0.4) is 0 Å². The highest BCUT2D eigenvalue weighted by atomic mass is 32.2. The molecule has 2 atom stereocenters. The first kappa shape index (κ1) is 28.0. The lowest BCUT2D eigenvalue weighted by Gasteiger charge is -2.23. The van der Waals surface area contributed by atoms with Crippen LogP contribution in [0, 0.1) is 6.92 Å². The Hall–Kier alpha value is -4.15. The van der Waals surface area contributed by atoms with Gasteiger partial charge >= 0.3 is 5.91 Å². The lowest BCUT2D eigenvalue weighted by atomic mass is 9.94. The number of aryl methyl sites for hydroxylation is 1. The minimum Gasteiger partial charge on any atom is -0.507 e. The normalized spacial score (nSPS) is 19.2. The van der Waals surface area contributed by atoms with Crippen LogP contribution in [-0.2, 0) is 21.8 Å². The van der Waals surface area contributed by atoms with E-state index in [4.69, 9.17) is 9.47 Å². The molecule has 6 rings (SSSR count). The summed E-state index contributed by atoms with van der Waals surface area (Å²) >= 11 is 2.75. The van der Waals surface area contributed by atoms with Crippen LogP contribution in [-0.4, -0.2) is 39.7 Å². The molecule has 0 aliphatic carbocycles. The molecule has 0 spiro atoms. The van der Waals surface area contributed by atoms with Crippen molar-refractivity contribution in [1.82, 2.24) is 10.2 Å². The zero-order valence-corrected chi connectivity index (χ0v) is 25.0. The fraction of sp³-hybridized carbons (Fsp3) is 0.250. The summed E-state index contributed by atoms with van der Waals surface area (Å²) in [5.74, 6) is 0.236. The van der Waals surface area contributed by atoms with Gasteiger partial charge in [0.15, 0.2) is 4.34 Å². The van der Waals surface area contributed by atoms with Crippen molar-refractivity contribution in [3.63, 3.8) is 0 Å². The van der Waals surface area contributed by atoms with Gasteiger partial charge in [-0.2, -0.15) is 0 Å². The van der Waals surface area contributed by atoms with Crippen molar-refractivity contribution in [2.24, 2.45) is 0 Å². The summed E-state index contributed by atoms with van der Waals surface area (Å²) in [6.45, 7) is 6.36. The van der Waals surface area contributed by atoms with E-state index >= 15 is 0 Å². The number of carbonyl (C=O) groups excluding carboxylic acids is 2. The zero-order valence-electron chi connectivity index (χ0n) is 23.4. The lowest BCUT2D eigenvalue weighted by Crippen LogP contribution is -2.29. The number of thioether (sulfide) groups is 1. The van der Waals surface area contributed by atoms with Crippen LogP contribution in [0.5, 0.6) is 11.5 Å². The molecule has 1 N–H and O–H groups in total. The first-order valence-corrected chi connectivity index (χ1v) is 15.5. The Morgan fingerprint density at radius 3 is 2.71 bits per heavy atom. The quantitative estimate of drug-likeness (QED) is 0.0807. The van der Waals surface area contributed by atoms with Gasteiger partial charge in [0, 0.05) is 17.7 Å². The standard InChI is InChI=1S/C32H29N3O5S2/c1-4-39-24-7-5-6-21(16-24)27-26(28(36)22-12-13-25-23(15-22)14-19(3)40-25)29(37)30(38)35(27)31-33-34-32(42-31)41-17-20-10-8-18(2)9-11-20/h5-13,15-16,19,27,36H,4,14,17H2,1-3H3. The van der Waals surface area contributed by atoms with Crippen molar-refractivity contribution < 1.29 is 24.2 Å². The smallest absolute Gasteiger partial charge is 0.301 e. The third-order valence-electron chi connectivity index (χ3n) is 7.18. The number of Topliss-reactive ketones (excluding diaryl/α,β-unsaturated/α-hetero) is 1. The molecule has 0 radical (unpaired) electrons. The first-order chi connectivity index (χ1) is 20.3. The van der Waals surface area contributed by atoms with Crippen LogP contribution in [0.15, 0.2) is 76.6 Å². The highest BCUT2D eigenvalue weighted by molar-refractivity contribution is 8.00. The number of hydrogen-bond acceptors (Lipinski definition) is 9. The number of benzene rings is 3. The van der Waals surface area contributed by atoms with E-state index in [0.717, 1.165) is 16.9 Å². The number of rotatable bonds is 8. The number of hydrogen-bond donors (Lipinski definition) is 1. The fourth-order valence-electron chi connectivity index (χ4n) is 5.20. The summed E-state index contributed by atoms with van der Waals surface area (Å²) in [6, 6.07) is 19.9. The molecule has 8 nitrogen and oxygen atoms in total. The van der Waals surface area contributed by atoms with Crippen LogP contribution in [0.4, 0.5) is 5.13 Å². The number of ketones is 1. The second kappa shape index (κ2) is 11.6. The number of amides is 1. The van der Waals surface area contributed by atoms with Crippen molar-refractivity contribution in [2.45, 2.75) is 49.4 Å². The van der Waals surface area contributed by atoms with Crippen molar-refractivity contribution in [1.29, 1.82) is 0 Å². The van der Waals surface area contributed by atoms with E-state index in [1.807, 2.05) is 39.0 Å². The molecular weight excluding hydrogens is 571 g/mol. The van der Waals surface area contributed by atoms with Crippen LogP contribution < -0.4 is 14.4 Å². The Labute approximate surface area is 252 Å². The molecule has 0 saturated carbocycles. The lowest BCUT2D eigenvalue weighted by molar-refractivity contribution is -0.132. The Bertz CT molecular complexity index is 1700. The number of ether oxygens (including phenoxy) is 2. The molecule has 2 aliphatic rings. The molecule has 1 saturated heterocycles. The highest BCUT2D eigenvalue weighted by Gasteiger charge is 2.48. The summed E-state index contributed by atoms with van der Waals surface area (Å²) in [5, 5.41) is 20.5. The van der Waals surface area contributed by atoms with E-state index < -0.39 is 17.7 Å². The average molecular weight is 600 g/mol. The van der Waals surface area contributed by atoms with Gasteiger partial charge in [0.1, 0.15) is 23.4 Å². The largest absolute Gasteiger partial charge is 0.507 e. The Morgan fingerprint density at radius 1 is 1.12 bits per heavy atom. The van der Waals surface area contributed by atoms with Crippen LogP contribution >= 0.6 is 23.1 Å². The molecule has 2 aliphatic heterocycles. The van der Waals surface area contributed by atoms with Crippen LogP contribution in [0.1, 0.15) is 47.7 Å². The van der Waals surface area contributed by atoms with E-state index in [0.29, 0.717) is 40.0 Å². The molecule has 10 heteroatoms. The average Bonchev–Trinajstić information content (AvgIpc) is 3.67. The van der Waals surface area contributed by atoms with Gasteiger partial charge in [-0.25, -0.2) is 0 Å². The maximum atomic E-state index is 13.6. The Kier molecular flexibility index (Phi) is 7.74. The number of aliphatic hydroxyl groups is 1. The van der Waals surface area contributed by atoms with Gasteiger partial charge in [-0.3, -0.25) is 14.5 Å². The van der Waals surface area contributed by atoms with Crippen molar-refractivity contribution >= 4 is 45.7 Å². The molecule has 214 valence electrons. The summed E-state index contributed by atoms with van der Waals surface area (Å²) in [5.41, 5.74) is 4.32. The van der Waals surface area contributed by atoms with E-state index in [2.05, 4.69) is 34.5 Å². The van der Waals surface area contributed by atoms with Gasteiger partial charge in [0.2, 0.25) is 5.13 Å². The van der Waals surface area contributed by atoms with Gasteiger partial charge < -0.3 is 14.6 Å². The van der Waals surface area contributed by atoms with E-state index in [9.17, 15) is 14.7 Å². The second-order valence-electron chi connectivity index (χ2n) is 10.3. The van der Waals surface area contributed by atoms with E-state index in [-0.39, 0.29) is 22.6 Å². The molecule has 1 fully saturated rings. The van der Waals surface area contributed by atoms with Gasteiger partial charge in [0.05, 0.1) is 18.2 Å². The van der Waals surface area contributed by atoms with Gasteiger partial charge in [-0.1, -0.05) is 65.1 Å². The molecule has 0 bridgehead atoms. The van der Waals surface area contributed by atoms with Gasteiger partial charge in [-0.05, 0) is 67.8 Å². The maximum absolute atomic E-state index is 13.6. The Balaban J connectivity index is 1.39. The number of aliphatic hydroxyl groups excluding tert-OH is 1. The molecule has 2 unspecified atom stereocenters. The van der Waals surface area contributed by atoms with Crippen molar-refractivity contribution in [2.75, 3.05) is 11.5 Å². The summed E-state index contributed by atoms with van der Waals surface area (Å²) in [7, 11) is 0. The summed E-state index contributed by atoms with van der Waals surface area (Å²) < 4.78 is 12.2. The highest BCUT2D eigenvalue weighted by Crippen LogP contribution is 2.45. The van der Waals surface area contributed by atoms with Crippen molar-refractivity contribution in [3.8, 4) is 11.5 Å². The number of fused-ring (bicyclic) bond motifs is 1. The van der Waals surface area contributed by atoms with Crippen LogP contribution in [0.25, 0.3) is 5.76 Å². The Morgan fingerprint density at radius 2 is 1.93 bits per heavy atom. The maximum Gasteiger partial charge on any atom is 0.301 e. The van der Waals surface area contributed by atoms with Gasteiger partial charge in [-0.15, -0.1) is 10.2 Å². The number of aromatic nitrogens is 2. The minimum absolute atomic E-state index is 0.00961. The van der Waals surface area contributed by atoms with E-state index in [1.54, 1.807) is 24.3 Å². The molecule has 4 aromatic rings. The molecule has 1 amide bonds. The number of nitrogens with zero attached hydrogens (tertiary/aromatic N) is 3. The van der Waals surface area contributed by atoms with Gasteiger partial charge in [0.25, 0.3) is 5.78 Å². The first-order valence-electron chi connectivity index (χ1n) is 13.7. The molecule has 42 heavy (non-hydrogen) atoms. The molecule has 3 heterocycles. The third-order valence-corrected chi connectivity index (χ3v) is 9.31. The van der Waals surface area contributed by atoms with Crippen molar-refractivity contribution in [3.05, 3.63) is 100 Å². The third kappa shape index (κ3) is 5.39. The molecule has 3 aromatic carbocycles. The summed E-state index contributed by atoms with van der Waals surface area (Å²) in [4.78, 5) is 28.6. The zero-order chi connectivity index (χ0) is 29.4. The SMILES string of the molecule is CCOc1cccc(C2C(=C(O)c3ccc4c(c3)CC(C)O4)C(=O)C(=O)N2c2nnc(SCc3ccc(C)cc3)s2)c1. The van der Waals surface area contributed by atoms with Crippen LogP contribution in [0.2, 0.25) is 0 Å². The summed E-state index contributed by atoms with van der Waals surface area (Å²) in [6.07, 6.45) is 0.720. The minimum atomic E-state index is -0.920. The molecular formula is C32H29N3O5S2. The predicted molar refractivity (Wildman–Crippen MR) is 163 cm³/mol. The number of anilines is 1. The number of carbonyl (C=O) groups is 2. The monoisotopic (exact) mass is 599 g/mol. The fourth-order valence-corrected chi connectivity index (χ4v) is 7.02. The molecule has 1 aromatic heterocycles. The van der Waals surface area contributed by atoms with E-state index in [1.165, 1.54) is 33.6 Å².